The largest absolute Gasteiger partial charge is 0.378 e. The second kappa shape index (κ2) is 7.09. The van der Waals surface area contributed by atoms with E-state index in [0.29, 0.717) is 23.0 Å². The first-order valence-electron chi connectivity index (χ1n) is 6.52. The van der Waals surface area contributed by atoms with E-state index >= 15 is 0 Å². The third kappa shape index (κ3) is 4.95. The minimum atomic E-state index is -3.78. The summed E-state index contributed by atoms with van der Waals surface area (Å²) in [5.74, 6) is -0.132. The van der Waals surface area contributed by atoms with Gasteiger partial charge in [-0.2, -0.15) is 0 Å². The molecule has 1 aliphatic heterocycles. The second-order valence-corrected chi connectivity index (χ2v) is 8.22. The van der Waals surface area contributed by atoms with Crippen molar-refractivity contribution in [3.05, 3.63) is 22.7 Å². The zero-order chi connectivity index (χ0) is 15.5. The van der Waals surface area contributed by atoms with Gasteiger partial charge in [-0.15, -0.1) is 0 Å². The summed E-state index contributed by atoms with van der Waals surface area (Å²) in [4.78, 5) is 11.9. The van der Waals surface area contributed by atoms with Gasteiger partial charge in [0.2, 0.25) is 5.91 Å². The van der Waals surface area contributed by atoms with Crippen LogP contribution in [0.15, 0.2) is 27.6 Å². The molecule has 1 aromatic carbocycles. The number of anilines is 1. The van der Waals surface area contributed by atoms with E-state index in [1.165, 1.54) is 18.2 Å². The van der Waals surface area contributed by atoms with Crippen LogP contribution in [-0.2, 0) is 18.6 Å². The van der Waals surface area contributed by atoms with E-state index < -0.39 is 9.05 Å². The second-order valence-electron chi connectivity index (χ2n) is 4.80. The molecular formula is C13H15BrClNO4S. The van der Waals surface area contributed by atoms with Gasteiger partial charge in [0.1, 0.15) is 0 Å². The first-order chi connectivity index (χ1) is 9.86. The molecule has 1 aromatic rings. The fraction of sp³-hybridized carbons (Fsp3) is 0.462. The summed E-state index contributed by atoms with van der Waals surface area (Å²) >= 11 is 3.22. The zero-order valence-electron chi connectivity index (χ0n) is 11.1. The van der Waals surface area contributed by atoms with Crippen LogP contribution in [0, 0.1) is 0 Å². The highest BCUT2D eigenvalue weighted by Crippen LogP contribution is 2.27. The van der Waals surface area contributed by atoms with E-state index in [0.717, 1.165) is 19.4 Å². The van der Waals surface area contributed by atoms with Gasteiger partial charge in [-0.05, 0) is 53.4 Å². The van der Waals surface area contributed by atoms with Crippen LogP contribution in [0.1, 0.15) is 25.7 Å². The summed E-state index contributed by atoms with van der Waals surface area (Å²) < 4.78 is 28.4. The van der Waals surface area contributed by atoms with Crippen LogP contribution in [0.3, 0.4) is 0 Å². The first kappa shape index (κ1) is 16.7. The van der Waals surface area contributed by atoms with Gasteiger partial charge in [0.25, 0.3) is 9.05 Å². The molecule has 1 amide bonds. The van der Waals surface area contributed by atoms with E-state index in [9.17, 15) is 13.2 Å². The minimum Gasteiger partial charge on any atom is -0.378 e. The summed E-state index contributed by atoms with van der Waals surface area (Å²) in [6, 6.07) is 4.21. The van der Waals surface area contributed by atoms with Crippen LogP contribution in [0.25, 0.3) is 0 Å². The Labute approximate surface area is 136 Å². The Bertz CT molecular complexity index is 629. The van der Waals surface area contributed by atoms with E-state index in [1.54, 1.807) is 0 Å². The summed E-state index contributed by atoms with van der Waals surface area (Å²) in [6.07, 6.45) is 3.28. The Morgan fingerprint density at radius 2 is 2.24 bits per heavy atom. The van der Waals surface area contributed by atoms with Crippen LogP contribution in [-0.4, -0.2) is 27.0 Å². The molecule has 0 saturated carbocycles. The Kier molecular flexibility index (Phi) is 5.65. The number of ether oxygens (including phenoxy) is 1. The van der Waals surface area contributed by atoms with Crippen LogP contribution < -0.4 is 5.32 Å². The van der Waals surface area contributed by atoms with Crippen LogP contribution in [0.4, 0.5) is 5.69 Å². The summed E-state index contributed by atoms with van der Waals surface area (Å²) in [5, 5.41) is 2.73. The average Bonchev–Trinajstić information content (AvgIpc) is 2.91. The lowest BCUT2D eigenvalue weighted by atomic mass is 10.1. The number of nitrogens with one attached hydrogen (secondary N) is 1. The molecule has 0 aromatic heterocycles. The van der Waals surface area contributed by atoms with E-state index in [4.69, 9.17) is 15.4 Å². The highest BCUT2D eigenvalue weighted by molar-refractivity contribution is 9.10. The molecule has 1 N–H and O–H groups in total. The molecule has 116 valence electrons. The number of carbonyl (C=O) groups is 1. The molecule has 1 aliphatic rings. The maximum Gasteiger partial charge on any atom is 0.261 e. The molecule has 0 bridgehead atoms. The summed E-state index contributed by atoms with van der Waals surface area (Å²) in [7, 11) is 1.48. The van der Waals surface area contributed by atoms with E-state index in [1.807, 2.05) is 0 Å². The predicted octanol–water partition coefficient (Wildman–Crippen LogP) is 3.27. The minimum absolute atomic E-state index is 0.0200. The predicted molar refractivity (Wildman–Crippen MR) is 84.0 cm³/mol. The highest BCUT2D eigenvalue weighted by atomic mass is 79.9. The smallest absolute Gasteiger partial charge is 0.261 e. The molecule has 8 heteroatoms. The monoisotopic (exact) mass is 395 g/mol. The molecule has 2 rings (SSSR count). The Hall–Kier alpha value is -0.630. The molecule has 1 saturated heterocycles. The number of hydrogen-bond donors (Lipinski definition) is 1. The number of rotatable bonds is 5. The fourth-order valence-electron chi connectivity index (χ4n) is 2.13. The molecule has 1 atom stereocenters. The molecule has 0 radical (unpaired) electrons. The van der Waals surface area contributed by atoms with Crippen molar-refractivity contribution in [2.75, 3.05) is 11.9 Å². The van der Waals surface area contributed by atoms with Crippen molar-refractivity contribution >= 4 is 47.3 Å². The molecule has 5 nitrogen and oxygen atoms in total. The Morgan fingerprint density at radius 1 is 1.48 bits per heavy atom. The van der Waals surface area contributed by atoms with Gasteiger partial charge in [0.15, 0.2) is 0 Å². The highest BCUT2D eigenvalue weighted by Gasteiger charge is 2.17. The lowest BCUT2D eigenvalue weighted by Crippen LogP contribution is -2.15. The van der Waals surface area contributed by atoms with Gasteiger partial charge in [-0.3, -0.25) is 4.79 Å². The van der Waals surface area contributed by atoms with Crippen molar-refractivity contribution in [3.63, 3.8) is 0 Å². The number of hydrogen-bond acceptors (Lipinski definition) is 4. The third-order valence-electron chi connectivity index (χ3n) is 3.21. The normalized spacial score (nSPS) is 18.7. The van der Waals surface area contributed by atoms with Gasteiger partial charge in [0.05, 0.1) is 16.7 Å². The standard InChI is InChI=1S/C13H15BrClNO4S/c14-11-8-10(21(15,18)19)4-5-12(11)16-13(17)6-3-9-2-1-7-20-9/h4-5,8-9H,1-3,6-7H2,(H,16,17). The molecule has 1 unspecified atom stereocenters. The summed E-state index contributed by atoms with van der Waals surface area (Å²) in [6.45, 7) is 0.770. The number of carbonyl (C=O) groups excluding carboxylic acids is 1. The maximum absolute atomic E-state index is 11.9. The van der Waals surface area contributed by atoms with Gasteiger partial charge < -0.3 is 10.1 Å². The van der Waals surface area contributed by atoms with Gasteiger partial charge >= 0.3 is 0 Å². The lowest BCUT2D eigenvalue weighted by molar-refractivity contribution is -0.116. The molecule has 0 aliphatic carbocycles. The van der Waals surface area contributed by atoms with Crippen molar-refractivity contribution in [1.29, 1.82) is 0 Å². The van der Waals surface area contributed by atoms with Crippen molar-refractivity contribution in [2.24, 2.45) is 0 Å². The lowest BCUT2D eigenvalue weighted by Gasteiger charge is -2.11. The summed E-state index contributed by atoms with van der Waals surface area (Å²) in [5.41, 5.74) is 0.511. The molecule has 21 heavy (non-hydrogen) atoms. The first-order valence-corrected chi connectivity index (χ1v) is 9.62. The van der Waals surface area contributed by atoms with Crippen molar-refractivity contribution < 1.29 is 17.9 Å². The van der Waals surface area contributed by atoms with E-state index in [-0.39, 0.29) is 16.9 Å². The quantitative estimate of drug-likeness (QED) is 0.775. The van der Waals surface area contributed by atoms with Crippen molar-refractivity contribution in [2.45, 2.75) is 36.7 Å². The maximum atomic E-state index is 11.9. The van der Waals surface area contributed by atoms with Crippen LogP contribution >= 0.6 is 26.6 Å². The fourth-order valence-corrected chi connectivity index (χ4v) is 3.53. The van der Waals surface area contributed by atoms with Crippen LogP contribution in [0.2, 0.25) is 0 Å². The number of benzene rings is 1. The molecule has 0 spiro atoms. The Balaban J connectivity index is 1.94. The Morgan fingerprint density at radius 3 is 2.81 bits per heavy atom. The molecular weight excluding hydrogens is 382 g/mol. The third-order valence-corrected chi connectivity index (χ3v) is 5.22. The van der Waals surface area contributed by atoms with Crippen molar-refractivity contribution in [1.82, 2.24) is 0 Å². The van der Waals surface area contributed by atoms with Crippen LogP contribution in [0.5, 0.6) is 0 Å². The van der Waals surface area contributed by atoms with Gasteiger partial charge in [0, 0.05) is 28.2 Å². The number of amides is 1. The molecule has 1 heterocycles. The zero-order valence-corrected chi connectivity index (χ0v) is 14.3. The SMILES string of the molecule is O=C(CCC1CCCO1)Nc1ccc(S(=O)(=O)Cl)cc1Br. The number of halogens is 2. The van der Waals surface area contributed by atoms with Gasteiger partial charge in [-0.1, -0.05) is 0 Å². The topological polar surface area (TPSA) is 72.5 Å². The average molecular weight is 397 g/mol. The van der Waals surface area contributed by atoms with Gasteiger partial charge in [-0.25, -0.2) is 8.42 Å². The van der Waals surface area contributed by atoms with E-state index in [2.05, 4.69) is 21.2 Å². The van der Waals surface area contributed by atoms with Crippen molar-refractivity contribution in [3.8, 4) is 0 Å². The molecule has 1 fully saturated rings.